The Hall–Kier alpha value is -1.52. The fraction of sp³-hybridized carbons (Fsp3) is 0.0909. The van der Waals surface area contributed by atoms with Gasteiger partial charge < -0.3 is 9.67 Å². The van der Waals surface area contributed by atoms with Gasteiger partial charge in [-0.05, 0) is 25.1 Å². The van der Waals surface area contributed by atoms with E-state index in [-0.39, 0.29) is 5.69 Å². The number of carboxylic acid groups (broad SMARTS) is 1. The molecule has 0 radical (unpaired) electrons. The topological polar surface area (TPSA) is 55.1 Å². The van der Waals surface area contributed by atoms with Crippen molar-refractivity contribution in [2.45, 2.75) is 6.92 Å². The highest BCUT2D eigenvalue weighted by Gasteiger charge is 2.13. The Bertz CT molecular complexity index is 593. The minimum atomic E-state index is -1.07. The van der Waals surface area contributed by atoms with Gasteiger partial charge in [0.05, 0.1) is 10.7 Å². The summed E-state index contributed by atoms with van der Waals surface area (Å²) < 4.78 is 1.61. The van der Waals surface area contributed by atoms with Crippen LogP contribution < -0.4 is 0 Å². The first kappa shape index (κ1) is 12.0. The summed E-state index contributed by atoms with van der Waals surface area (Å²) in [5.74, 6) is -0.524. The average Bonchev–Trinajstić information content (AvgIpc) is 2.61. The molecule has 1 aromatic carbocycles. The lowest BCUT2D eigenvalue weighted by Gasteiger charge is -2.07. The maximum Gasteiger partial charge on any atom is 0.356 e. The lowest BCUT2D eigenvalue weighted by molar-refractivity contribution is 0.0691. The Morgan fingerprint density at radius 1 is 1.41 bits per heavy atom. The van der Waals surface area contributed by atoms with Gasteiger partial charge in [-0.1, -0.05) is 23.2 Å². The third-order valence-corrected chi connectivity index (χ3v) is 2.81. The summed E-state index contributed by atoms with van der Waals surface area (Å²) in [6, 6.07) is 4.99. The molecule has 0 aliphatic carbocycles. The lowest BCUT2D eigenvalue weighted by atomic mass is 10.3. The Labute approximate surface area is 107 Å². The number of nitrogens with zero attached hydrogens (tertiary/aromatic N) is 2. The molecule has 0 fully saturated rings. The van der Waals surface area contributed by atoms with Crippen LogP contribution in [0.15, 0.2) is 24.4 Å². The van der Waals surface area contributed by atoms with Gasteiger partial charge in [0, 0.05) is 11.2 Å². The van der Waals surface area contributed by atoms with E-state index in [1.54, 1.807) is 29.7 Å². The van der Waals surface area contributed by atoms with Gasteiger partial charge in [-0.25, -0.2) is 9.78 Å². The van der Waals surface area contributed by atoms with Crippen LogP contribution in [0.4, 0.5) is 0 Å². The SMILES string of the molecule is Cc1nc(C(=O)O)cn1-c1ccc(Cl)cc1Cl. The first-order valence-electron chi connectivity index (χ1n) is 4.74. The Balaban J connectivity index is 2.56. The lowest BCUT2D eigenvalue weighted by Crippen LogP contribution is -1.96. The smallest absolute Gasteiger partial charge is 0.356 e. The molecule has 17 heavy (non-hydrogen) atoms. The molecule has 2 rings (SSSR count). The Morgan fingerprint density at radius 3 is 2.65 bits per heavy atom. The van der Waals surface area contributed by atoms with Gasteiger partial charge in [0.25, 0.3) is 0 Å². The summed E-state index contributed by atoms with van der Waals surface area (Å²) in [7, 11) is 0. The van der Waals surface area contributed by atoms with E-state index < -0.39 is 5.97 Å². The number of carboxylic acids is 1. The Morgan fingerprint density at radius 2 is 2.12 bits per heavy atom. The Kier molecular flexibility index (Phi) is 3.09. The summed E-state index contributed by atoms with van der Waals surface area (Å²) in [5.41, 5.74) is 0.627. The van der Waals surface area contributed by atoms with E-state index in [9.17, 15) is 4.79 Å². The number of imidazole rings is 1. The van der Waals surface area contributed by atoms with Crippen molar-refractivity contribution >= 4 is 29.2 Å². The molecule has 1 aromatic heterocycles. The molecular weight excluding hydrogens is 263 g/mol. The zero-order chi connectivity index (χ0) is 12.6. The highest BCUT2D eigenvalue weighted by atomic mass is 35.5. The number of benzene rings is 1. The predicted molar refractivity (Wildman–Crippen MR) is 65.3 cm³/mol. The zero-order valence-electron chi connectivity index (χ0n) is 8.82. The third kappa shape index (κ3) is 2.28. The summed E-state index contributed by atoms with van der Waals surface area (Å²) in [4.78, 5) is 14.7. The van der Waals surface area contributed by atoms with E-state index >= 15 is 0 Å². The van der Waals surface area contributed by atoms with Crippen molar-refractivity contribution in [3.8, 4) is 5.69 Å². The molecule has 0 aliphatic heterocycles. The fourth-order valence-electron chi connectivity index (χ4n) is 1.50. The summed E-state index contributed by atoms with van der Waals surface area (Å²) in [5, 5.41) is 9.82. The van der Waals surface area contributed by atoms with Crippen LogP contribution in [-0.4, -0.2) is 20.6 Å². The molecule has 88 valence electrons. The van der Waals surface area contributed by atoms with Crippen LogP contribution in [0.25, 0.3) is 5.69 Å². The first-order valence-corrected chi connectivity index (χ1v) is 5.49. The van der Waals surface area contributed by atoms with Gasteiger partial charge in [0.2, 0.25) is 0 Å². The van der Waals surface area contributed by atoms with Crippen LogP contribution >= 0.6 is 23.2 Å². The van der Waals surface area contributed by atoms with Crippen LogP contribution in [0.1, 0.15) is 16.3 Å². The molecule has 2 aromatic rings. The molecular formula is C11H8Cl2N2O2. The zero-order valence-corrected chi connectivity index (χ0v) is 10.3. The van der Waals surface area contributed by atoms with E-state index in [0.717, 1.165) is 0 Å². The maximum absolute atomic E-state index is 10.8. The van der Waals surface area contributed by atoms with E-state index in [1.807, 2.05) is 0 Å². The monoisotopic (exact) mass is 270 g/mol. The van der Waals surface area contributed by atoms with Gasteiger partial charge in [-0.3, -0.25) is 0 Å². The van der Waals surface area contributed by atoms with Gasteiger partial charge in [0.1, 0.15) is 5.82 Å². The summed E-state index contributed by atoms with van der Waals surface area (Å²) >= 11 is 11.8. The van der Waals surface area contributed by atoms with Gasteiger partial charge >= 0.3 is 5.97 Å². The van der Waals surface area contributed by atoms with Crippen molar-refractivity contribution in [3.63, 3.8) is 0 Å². The maximum atomic E-state index is 10.8. The van der Waals surface area contributed by atoms with Crippen molar-refractivity contribution in [1.29, 1.82) is 0 Å². The van der Waals surface area contributed by atoms with Gasteiger partial charge in [0.15, 0.2) is 5.69 Å². The van der Waals surface area contributed by atoms with Crippen molar-refractivity contribution < 1.29 is 9.90 Å². The number of hydrogen-bond donors (Lipinski definition) is 1. The number of halogens is 2. The molecule has 0 spiro atoms. The average molecular weight is 271 g/mol. The second-order valence-electron chi connectivity index (χ2n) is 3.44. The molecule has 1 N–H and O–H groups in total. The molecule has 0 saturated carbocycles. The van der Waals surface area contributed by atoms with Crippen LogP contribution in [0.5, 0.6) is 0 Å². The van der Waals surface area contributed by atoms with Crippen molar-refractivity contribution in [3.05, 3.63) is 46.0 Å². The molecule has 0 aliphatic rings. The quantitative estimate of drug-likeness (QED) is 0.912. The van der Waals surface area contributed by atoms with Crippen molar-refractivity contribution in [1.82, 2.24) is 9.55 Å². The molecule has 0 atom stereocenters. The molecule has 4 nitrogen and oxygen atoms in total. The summed E-state index contributed by atoms with van der Waals surface area (Å²) in [6.07, 6.45) is 1.42. The van der Waals surface area contributed by atoms with E-state index in [0.29, 0.717) is 21.6 Å². The second-order valence-corrected chi connectivity index (χ2v) is 4.29. The van der Waals surface area contributed by atoms with Crippen LogP contribution in [0.3, 0.4) is 0 Å². The molecule has 1 heterocycles. The normalized spacial score (nSPS) is 10.5. The van der Waals surface area contributed by atoms with Crippen LogP contribution in [-0.2, 0) is 0 Å². The number of aromatic carboxylic acids is 1. The molecule has 0 amide bonds. The predicted octanol–water partition coefficient (Wildman–Crippen LogP) is 3.19. The van der Waals surface area contributed by atoms with Crippen molar-refractivity contribution in [2.24, 2.45) is 0 Å². The molecule has 0 bridgehead atoms. The van der Waals surface area contributed by atoms with E-state index in [2.05, 4.69) is 4.98 Å². The first-order chi connectivity index (χ1) is 7.99. The molecule has 6 heteroatoms. The van der Waals surface area contributed by atoms with Crippen molar-refractivity contribution in [2.75, 3.05) is 0 Å². The highest BCUT2D eigenvalue weighted by Crippen LogP contribution is 2.25. The highest BCUT2D eigenvalue weighted by molar-refractivity contribution is 6.35. The van der Waals surface area contributed by atoms with Crippen LogP contribution in [0.2, 0.25) is 10.0 Å². The number of carbonyl (C=O) groups is 1. The van der Waals surface area contributed by atoms with Gasteiger partial charge in [-0.15, -0.1) is 0 Å². The third-order valence-electron chi connectivity index (χ3n) is 2.27. The molecule has 0 saturated heterocycles. The standard InChI is InChI=1S/C11H8Cl2N2O2/c1-6-14-9(11(16)17)5-15(6)10-3-2-7(12)4-8(10)13/h2-5H,1H3,(H,16,17). The van der Waals surface area contributed by atoms with Crippen LogP contribution in [0, 0.1) is 6.92 Å². The van der Waals surface area contributed by atoms with E-state index in [4.69, 9.17) is 28.3 Å². The summed E-state index contributed by atoms with van der Waals surface area (Å²) in [6.45, 7) is 1.71. The minimum Gasteiger partial charge on any atom is -0.476 e. The van der Waals surface area contributed by atoms with Gasteiger partial charge in [-0.2, -0.15) is 0 Å². The number of hydrogen-bond acceptors (Lipinski definition) is 2. The number of aromatic nitrogens is 2. The second kappa shape index (κ2) is 4.39. The number of rotatable bonds is 2. The van der Waals surface area contributed by atoms with E-state index in [1.165, 1.54) is 6.20 Å². The fourth-order valence-corrected chi connectivity index (χ4v) is 2.00. The molecule has 0 unspecified atom stereocenters. The minimum absolute atomic E-state index is 0.0199. The number of aryl methyl sites for hydroxylation is 1. The largest absolute Gasteiger partial charge is 0.476 e.